The monoisotopic (exact) mass is 336 g/mol. The van der Waals surface area contributed by atoms with Crippen LogP contribution in [0.5, 0.6) is 5.75 Å². The van der Waals surface area contributed by atoms with Gasteiger partial charge in [0.05, 0.1) is 24.9 Å². The number of esters is 1. The first-order valence-electron chi connectivity index (χ1n) is 7.32. The SMILES string of the molecule is COC(=O)c1cnoc1CN1CCC(Oc2ccccc2Cl)C1. The van der Waals surface area contributed by atoms with Gasteiger partial charge < -0.3 is 14.0 Å². The molecule has 1 aliphatic heterocycles. The van der Waals surface area contributed by atoms with E-state index in [1.807, 2.05) is 18.2 Å². The van der Waals surface area contributed by atoms with Crippen LogP contribution >= 0.6 is 11.6 Å². The first-order chi connectivity index (χ1) is 11.2. The first kappa shape index (κ1) is 15.8. The predicted molar refractivity (Wildman–Crippen MR) is 83.6 cm³/mol. The second-order valence-electron chi connectivity index (χ2n) is 5.35. The molecule has 1 saturated heterocycles. The van der Waals surface area contributed by atoms with E-state index in [1.54, 1.807) is 6.07 Å². The summed E-state index contributed by atoms with van der Waals surface area (Å²) in [4.78, 5) is 13.8. The lowest BCUT2D eigenvalue weighted by molar-refractivity contribution is 0.0596. The van der Waals surface area contributed by atoms with Crippen molar-refractivity contribution >= 4 is 17.6 Å². The maximum Gasteiger partial charge on any atom is 0.343 e. The number of ether oxygens (including phenoxy) is 2. The Hall–Kier alpha value is -2.05. The van der Waals surface area contributed by atoms with Crippen LogP contribution in [0.4, 0.5) is 0 Å². The number of halogens is 1. The highest BCUT2D eigenvalue weighted by Crippen LogP contribution is 2.27. The molecule has 0 N–H and O–H groups in total. The first-order valence-corrected chi connectivity index (χ1v) is 7.70. The van der Waals surface area contributed by atoms with Gasteiger partial charge in [0.1, 0.15) is 17.4 Å². The Labute approximate surface area is 138 Å². The van der Waals surface area contributed by atoms with Crippen LogP contribution < -0.4 is 4.74 Å². The molecule has 0 spiro atoms. The highest BCUT2D eigenvalue weighted by atomic mass is 35.5. The second-order valence-corrected chi connectivity index (χ2v) is 5.76. The fourth-order valence-corrected chi connectivity index (χ4v) is 2.79. The van der Waals surface area contributed by atoms with Crippen molar-refractivity contribution in [1.29, 1.82) is 0 Å². The van der Waals surface area contributed by atoms with Gasteiger partial charge in [0, 0.05) is 13.1 Å². The number of methoxy groups -OCH3 is 1. The number of hydrogen-bond donors (Lipinski definition) is 0. The molecule has 0 bridgehead atoms. The third-order valence-corrected chi connectivity index (χ3v) is 4.09. The van der Waals surface area contributed by atoms with Crippen LogP contribution in [0.25, 0.3) is 0 Å². The molecule has 1 aromatic carbocycles. The fraction of sp³-hybridized carbons (Fsp3) is 0.375. The average Bonchev–Trinajstić information content (AvgIpc) is 3.19. The number of benzene rings is 1. The van der Waals surface area contributed by atoms with Crippen molar-refractivity contribution in [3.63, 3.8) is 0 Å². The molecule has 7 heteroatoms. The molecule has 1 atom stereocenters. The van der Waals surface area contributed by atoms with Crippen LogP contribution in [-0.2, 0) is 11.3 Å². The zero-order chi connectivity index (χ0) is 16.2. The van der Waals surface area contributed by atoms with Gasteiger partial charge in [0.25, 0.3) is 0 Å². The van der Waals surface area contributed by atoms with Crippen molar-refractivity contribution in [2.75, 3.05) is 20.2 Å². The van der Waals surface area contributed by atoms with Crippen molar-refractivity contribution in [1.82, 2.24) is 10.1 Å². The summed E-state index contributed by atoms with van der Waals surface area (Å²) in [6.07, 6.45) is 2.32. The zero-order valence-electron chi connectivity index (χ0n) is 12.7. The number of carbonyl (C=O) groups excluding carboxylic acids is 1. The molecule has 1 aromatic heterocycles. The summed E-state index contributed by atoms with van der Waals surface area (Å²) in [6, 6.07) is 7.43. The molecule has 0 amide bonds. The highest BCUT2D eigenvalue weighted by molar-refractivity contribution is 6.32. The van der Waals surface area contributed by atoms with E-state index in [2.05, 4.69) is 10.1 Å². The molecule has 1 aliphatic rings. The molecule has 2 heterocycles. The van der Waals surface area contributed by atoms with Gasteiger partial charge in [-0.25, -0.2) is 4.79 Å². The van der Waals surface area contributed by atoms with Gasteiger partial charge in [-0.05, 0) is 18.6 Å². The Morgan fingerprint density at radius 3 is 3.09 bits per heavy atom. The maximum atomic E-state index is 11.6. The van der Waals surface area contributed by atoms with Gasteiger partial charge in [-0.15, -0.1) is 0 Å². The van der Waals surface area contributed by atoms with E-state index in [0.717, 1.165) is 19.5 Å². The number of nitrogens with zero attached hydrogens (tertiary/aromatic N) is 2. The smallest absolute Gasteiger partial charge is 0.343 e. The van der Waals surface area contributed by atoms with E-state index in [-0.39, 0.29) is 6.10 Å². The van der Waals surface area contributed by atoms with Crippen molar-refractivity contribution in [3.8, 4) is 5.75 Å². The third-order valence-electron chi connectivity index (χ3n) is 3.78. The Bertz CT molecular complexity index is 688. The molecule has 0 radical (unpaired) electrons. The van der Waals surface area contributed by atoms with E-state index in [4.69, 9.17) is 25.6 Å². The second kappa shape index (κ2) is 7.02. The number of likely N-dealkylation sites (tertiary alicyclic amines) is 1. The van der Waals surface area contributed by atoms with Gasteiger partial charge >= 0.3 is 5.97 Å². The molecule has 0 saturated carbocycles. The standard InChI is InChI=1S/C16H17ClN2O4/c1-21-16(20)12-8-18-23-15(12)10-19-7-6-11(9-19)22-14-5-3-2-4-13(14)17/h2-5,8,11H,6-7,9-10H2,1H3. The minimum absolute atomic E-state index is 0.0550. The zero-order valence-corrected chi connectivity index (χ0v) is 13.5. The molecular weight excluding hydrogens is 320 g/mol. The minimum atomic E-state index is -0.440. The minimum Gasteiger partial charge on any atom is -0.487 e. The van der Waals surface area contributed by atoms with Crippen LogP contribution in [-0.4, -0.2) is 42.3 Å². The van der Waals surface area contributed by atoms with Gasteiger partial charge in [-0.2, -0.15) is 0 Å². The lowest BCUT2D eigenvalue weighted by Crippen LogP contribution is -2.25. The summed E-state index contributed by atoms with van der Waals surface area (Å²) in [5.41, 5.74) is 0.364. The topological polar surface area (TPSA) is 64.8 Å². The molecule has 1 fully saturated rings. The maximum absolute atomic E-state index is 11.6. The largest absolute Gasteiger partial charge is 0.487 e. The summed E-state index contributed by atoms with van der Waals surface area (Å²) >= 11 is 6.11. The Kier molecular flexibility index (Phi) is 4.83. The van der Waals surface area contributed by atoms with Crippen molar-refractivity contribution in [3.05, 3.63) is 46.8 Å². The van der Waals surface area contributed by atoms with Crippen molar-refractivity contribution in [2.45, 2.75) is 19.1 Å². The van der Waals surface area contributed by atoms with E-state index in [1.165, 1.54) is 13.3 Å². The van der Waals surface area contributed by atoms with E-state index in [0.29, 0.717) is 28.6 Å². The molecule has 0 aliphatic carbocycles. The highest BCUT2D eigenvalue weighted by Gasteiger charge is 2.27. The van der Waals surface area contributed by atoms with E-state index in [9.17, 15) is 4.79 Å². The van der Waals surface area contributed by atoms with Gasteiger partial charge in [0.2, 0.25) is 0 Å². The molecule has 3 rings (SSSR count). The molecule has 1 unspecified atom stereocenters. The number of hydrogen-bond acceptors (Lipinski definition) is 6. The fourth-order valence-electron chi connectivity index (χ4n) is 2.61. The van der Waals surface area contributed by atoms with E-state index < -0.39 is 5.97 Å². The van der Waals surface area contributed by atoms with Crippen molar-refractivity contribution < 1.29 is 18.8 Å². The number of aromatic nitrogens is 1. The molecular formula is C16H17ClN2O4. The number of para-hydroxylation sites is 1. The summed E-state index contributed by atoms with van der Waals surface area (Å²) in [6.45, 7) is 2.07. The lowest BCUT2D eigenvalue weighted by atomic mass is 10.2. The van der Waals surface area contributed by atoms with E-state index >= 15 is 0 Å². The number of rotatable bonds is 5. The normalized spacial score (nSPS) is 18.1. The Balaban J connectivity index is 1.59. The lowest BCUT2D eigenvalue weighted by Gasteiger charge is -2.16. The van der Waals surface area contributed by atoms with Crippen LogP contribution in [0.3, 0.4) is 0 Å². The van der Waals surface area contributed by atoms with Crippen molar-refractivity contribution in [2.24, 2.45) is 0 Å². The number of carbonyl (C=O) groups is 1. The quantitative estimate of drug-likeness (QED) is 0.782. The summed E-state index contributed by atoms with van der Waals surface area (Å²) < 4.78 is 15.8. The van der Waals surface area contributed by atoms with Gasteiger partial charge in [0.15, 0.2) is 5.76 Å². The van der Waals surface area contributed by atoms with Crippen LogP contribution in [0, 0.1) is 0 Å². The van der Waals surface area contributed by atoms with Crippen LogP contribution in [0.2, 0.25) is 5.02 Å². The molecule has 6 nitrogen and oxygen atoms in total. The molecule has 2 aromatic rings. The summed E-state index contributed by atoms with van der Waals surface area (Å²) in [7, 11) is 1.34. The Morgan fingerprint density at radius 2 is 2.30 bits per heavy atom. The molecule has 122 valence electrons. The van der Waals surface area contributed by atoms with Crippen LogP contribution in [0.1, 0.15) is 22.5 Å². The van der Waals surface area contributed by atoms with Gasteiger partial charge in [-0.1, -0.05) is 28.9 Å². The Morgan fingerprint density at radius 1 is 1.48 bits per heavy atom. The average molecular weight is 337 g/mol. The summed E-state index contributed by atoms with van der Waals surface area (Å²) in [5, 5.41) is 4.29. The molecule has 23 heavy (non-hydrogen) atoms. The predicted octanol–water partition coefficient (Wildman–Crippen LogP) is 2.77. The van der Waals surface area contributed by atoms with Gasteiger partial charge in [-0.3, -0.25) is 4.90 Å². The third kappa shape index (κ3) is 3.65. The van der Waals surface area contributed by atoms with Crippen LogP contribution in [0.15, 0.2) is 35.0 Å². The summed E-state index contributed by atoms with van der Waals surface area (Å²) in [5.74, 6) is 0.760.